The zero-order valence-corrected chi connectivity index (χ0v) is 8.37. The van der Waals surface area contributed by atoms with Gasteiger partial charge in [-0.3, -0.25) is 0 Å². The maximum absolute atomic E-state index is 8.72. The molecule has 0 aromatic heterocycles. The number of aryl methyl sites for hydroxylation is 2. The first-order chi connectivity index (χ1) is 6.69. The van der Waals surface area contributed by atoms with Crippen LogP contribution in [0, 0.1) is 25.2 Å². The maximum atomic E-state index is 8.72. The van der Waals surface area contributed by atoms with Crippen LogP contribution in [0.5, 0.6) is 5.75 Å². The van der Waals surface area contributed by atoms with Gasteiger partial charge in [0.25, 0.3) is 0 Å². The van der Waals surface area contributed by atoms with E-state index < -0.39 is 0 Å². The average molecular weight is 191 g/mol. The SMILES string of the molecule is Cc1cc(C#N)cc(C)c1OCCO. The lowest BCUT2D eigenvalue weighted by atomic mass is 10.1. The van der Waals surface area contributed by atoms with Gasteiger partial charge in [0.05, 0.1) is 18.2 Å². The van der Waals surface area contributed by atoms with Crippen LogP contribution in [0.2, 0.25) is 0 Å². The predicted molar refractivity (Wildman–Crippen MR) is 53.2 cm³/mol. The summed E-state index contributed by atoms with van der Waals surface area (Å²) in [4.78, 5) is 0. The molecular formula is C11H13NO2. The molecule has 0 unspecified atom stereocenters. The topological polar surface area (TPSA) is 53.2 Å². The van der Waals surface area contributed by atoms with Gasteiger partial charge in [0.2, 0.25) is 0 Å². The highest BCUT2D eigenvalue weighted by atomic mass is 16.5. The van der Waals surface area contributed by atoms with Crippen molar-refractivity contribution >= 4 is 0 Å². The molecule has 3 nitrogen and oxygen atoms in total. The Kier molecular flexibility index (Phi) is 3.49. The van der Waals surface area contributed by atoms with Crippen molar-refractivity contribution in [1.29, 1.82) is 5.26 Å². The molecule has 0 fully saturated rings. The molecule has 0 saturated carbocycles. The van der Waals surface area contributed by atoms with E-state index >= 15 is 0 Å². The van der Waals surface area contributed by atoms with Crippen molar-refractivity contribution in [2.24, 2.45) is 0 Å². The van der Waals surface area contributed by atoms with Crippen molar-refractivity contribution in [3.8, 4) is 11.8 Å². The Morgan fingerprint density at radius 1 is 1.36 bits per heavy atom. The van der Waals surface area contributed by atoms with Gasteiger partial charge in [0.1, 0.15) is 12.4 Å². The molecule has 1 aromatic carbocycles. The second kappa shape index (κ2) is 4.64. The summed E-state index contributed by atoms with van der Waals surface area (Å²) >= 11 is 0. The van der Waals surface area contributed by atoms with Gasteiger partial charge >= 0.3 is 0 Å². The van der Waals surface area contributed by atoms with Crippen molar-refractivity contribution in [2.75, 3.05) is 13.2 Å². The van der Waals surface area contributed by atoms with Crippen LogP contribution in [0.1, 0.15) is 16.7 Å². The Balaban J connectivity index is 3.01. The van der Waals surface area contributed by atoms with Gasteiger partial charge in [-0.2, -0.15) is 5.26 Å². The van der Waals surface area contributed by atoms with E-state index in [0.29, 0.717) is 5.56 Å². The fraction of sp³-hybridized carbons (Fsp3) is 0.364. The van der Waals surface area contributed by atoms with Gasteiger partial charge < -0.3 is 9.84 Å². The number of hydrogen-bond donors (Lipinski definition) is 1. The van der Waals surface area contributed by atoms with E-state index in [1.807, 2.05) is 13.8 Å². The first kappa shape index (κ1) is 10.6. The second-order valence-electron chi connectivity index (χ2n) is 3.12. The number of ether oxygens (including phenoxy) is 1. The molecule has 1 rings (SSSR count). The third kappa shape index (κ3) is 2.24. The van der Waals surface area contributed by atoms with Crippen LogP contribution in [0.15, 0.2) is 12.1 Å². The van der Waals surface area contributed by atoms with E-state index in [9.17, 15) is 0 Å². The summed E-state index contributed by atoms with van der Waals surface area (Å²) in [7, 11) is 0. The van der Waals surface area contributed by atoms with Gasteiger partial charge in [0, 0.05) is 0 Å². The van der Waals surface area contributed by atoms with E-state index in [-0.39, 0.29) is 13.2 Å². The molecule has 3 heteroatoms. The van der Waals surface area contributed by atoms with E-state index in [4.69, 9.17) is 15.1 Å². The van der Waals surface area contributed by atoms with Crippen LogP contribution in [0.4, 0.5) is 0 Å². The van der Waals surface area contributed by atoms with Crippen LogP contribution in [0.25, 0.3) is 0 Å². The molecule has 0 radical (unpaired) electrons. The Hall–Kier alpha value is -1.53. The number of hydrogen-bond acceptors (Lipinski definition) is 3. The summed E-state index contributed by atoms with van der Waals surface area (Å²) < 4.78 is 5.36. The minimum absolute atomic E-state index is 0.00111. The van der Waals surface area contributed by atoms with E-state index in [1.165, 1.54) is 0 Å². The molecule has 0 bridgehead atoms. The molecule has 1 N–H and O–H groups in total. The molecule has 0 aliphatic heterocycles. The molecule has 0 amide bonds. The monoisotopic (exact) mass is 191 g/mol. The van der Waals surface area contributed by atoms with Crippen LogP contribution in [0.3, 0.4) is 0 Å². The molecule has 0 atom stereocenters. The highest BCUT2D eigenvalue weighted by Gasteiger charge is 2.05. The van der Waals surface area contributed by atoms with Crippen LogP contribution < -0.4 is 4.74 Å². The minimum atomic E-state index is -0.00111. The first-order valence-corrected chi connectivity index (χ1v) is 4.44. The maximum Gasteiger partial charge on any atom is 0.125 e. The molecule has 0 heterocycles. The quantitative estimate of drug-likeness (QED) is 0.788. The fourth-order valence-electron chi connectivity index (χ4n) is 1.39. The lowest BCUT2D eigenvalue weighted by Gasteiger charge is -2.11. The van der Waals surface area contributed by atoms with Crippen molar-refractivity contribution in [2.45, 2.75) is 13.8 Å². The number of rotatable bonds is 3. The molecule has 74 valence electrons. The third-order valence-corrected chi connectivity index (χ3v) is 1.93. The smallest absolute Gasteiger partial charge is 0.125 e. The van der Waals surface area contributed by atoms with E-state index in [1.54, 1.807) is 12.1 Å². The van der Waals surface area contributed by atoms with Gasteiger partial charge in [-0.25, -0.2) is 0 Å². The normalized spacial score (nSPS) is 9.57. The van der Waals surface area contributed by atoms with Gasteiger partial charge in [0.15, 0.2) is 0 Å². The largest absolute Gasteiger partial charge is 0.491 e. The van der Waals surface area contributed by atoms with Crippen LogP contribution in [-0.2, 0) is 0 Å². The molecule has 0 spiro atoms. The summed E-state index contributed by atoms with van der Waals surface area (Å²) in [6, 6.07) is 5.64. The molecule has 0 saturated heterocycles. The number of nitriles is 1. The Labute approximate surface area is 83.6 Å². The van der Waals surface area contributed by atoms with Crippen molar-refractivity contribution in [1.82, 2.24) is 0 Å². The second-order valence-corrected chi connectivity index (χ2v) is 3.12. The summed E-state index contributed by atoms with van der Waals surface area (Å²) in [6.45, 7) is 4.06. The average Bonchev–Trinajstić information content (AvgIpc) is 2.16. The third-order valence-electron chi connectivity index (χ3n) is 1.93. The molecular weight excluding hydrogens is 178 g/mol. The van der Waals surface area contributed by atoms with Gasteiger partial charge in [-0.1, -0.05) is 0 Å². The Morgan fingerprint density at radius 3 is 2.36 bits per heavy atom. The highest BCUT2D eigenvalue weighted by Crippen LogP contribution is 2.24. The van der Waals surface area contributed by atoms with E-state index in [2.05, 4.69) is 6.07 Å². The zero-order valence-electron chi connectivity index (χ0n) is 8.37. The number of aliphatic hydroxyl groups is 1. The fourth-order valence-corrected chi connectivity index (χ4v) is 1.39. The van der Waals surface area contributed by atoms with Crippen molar-refractivity contribution in [3.63, 3.8) is 0 Å². The van der Waals surface area contributed by atoms with Gasteiger partial charge in [-0.15, -0.1) is 0 Å². The lowest BCUT2D eigenvalue weighted by Crippen LogP contribution is -2.04. The summed E-state index contributed by atoms with van der Waals surface area (Å²) in [5.41, 5.74) is 2.49. The van der Waals surface area contributed by atoms with Crippen molar-refractivity contribution < 1.29 is 9.84 Å². The highest BCUT2D eigenvalue weighted by molar-refractivity contribution is 5.47. The minimum Gasteiger partial charge on any atom is -0.491 e. The molecule has 14 heavy (non-hydrogen) atoms. The van der Waals surface area contributed by atoms with Crippen LogP contribution >= 0.6 is 0 Å². The number of nitrogens with zero attached hydrogens (tertiary/aromatic N) is 1. The summed E-state index contributed by atoms with van der Waals surface area (Å²) in [5.74, 6) is 0.762. The molecule has 0 aliphatic rings. The Bertz CT molecular complexity index is 343. The van der Waals surface area contributed by atoms with Crippen molar-refractivity contribution in [3.05, 3.63) is 28.8 Å². The number of aliphatic hydroxyl groups excluding tert-OH is 1. The summed E-state index contributed by atoms with van der Waals surface area (Å²) in [6.07, 6.45) is 0. The predicted octanol–water partition coefficient (Wildman–Crippen LogP) is 1.55. The standard InChI is InChI=1S/C11H13NO2/c1-8-5-10(7-12)6-9(2)11(8)14-4-3-13/h5-6,13H,3-4H2,1-2H3. The molecule has 0 aliphatic carbocycles. The van der Waals surface area contributed by atoms with E-state index in [0.717, 1.165) is 16.9 Å². The summed E-state index contributed by atoms with van der Waals surface area (Å²) in [5, 5.41) is 17.4. The molecule has 1 aromatic rings. The zero-order chi connectivity index (χ0) is 10.6. The van der Waals surface area contributed by atoms with Gasteiger partial charge in [-0.05, 0) is 37.1 Å². The van der Waals surface area contributed by atoms with Crippen LogP contribution in [-0.4, -0.2) is 18.3 Å². The lowest BCUT2D eigenvalue weighted by molar-refractivity contribution is 0.200. The number of benzene rings is 1. The Morgan fingerprint density at radius 2 is 1.93 bits per heavy atom. The first-order valence-electron chi connectivity index (χ1n) is 4.44.